The van der Waals surface area contributed by atoms with Gasteiger partial charge in [-0.1, -0.05) is 30.3 Å². The minimum absolute atomic E-state index is 0. The smallest absolute Gasteiger partial charge is 0.246 e. The predicted molar refractivity (Wildman–Crippen MR) is 92.7 cm³/mol. The fourth-order valence-electron chi connectivity index (χ4n) is 3.57. The van der Waals surface area contributed by atoms with Crippen LogP contribution in [0.5, 0.6) is 0 Å². The Bertz CT molecular complexity index is 711. The third kappa shape index (κ3) is 2.91. The summed E-state index contributed by atoms with van der Waals surface area (Å²) in [5.74, 6) is 1.94. The number of fused-ring (bicyclic) bond motifs is 1. The van der Waals surface area contributed by atoms with Crippen molar-refractivity contribution in [2.75, 3.05) is 6.54 Å². The Kier molecular flexibility index (Phi) is 4.87. The van der Waals surface area contributed by atoms with E-state index >= 15 is 0 Å². The van der Waals surface area contributed by atoms with Gasteiger partial charge in [0.05, 0.1) is 12.6 Å². The van der Waals surface area contributed by atoms with Crippen molar-refractivity contribution in [2.45, 2.75) is 44.9 Å². The zero-order valence-electron chi connectivity index (χ0n) is 13.7. The molecule has 3 heterocycles. The minimum atomic E-state index is -0.241. The van der Waals surface area contributed by atoms with Gasteiger partial charge in [-0.15, -0.1) is 22.6 Å². The van der Waals surface area contributed by atoms with E-state index in [2.05, 4.69) is 15.5 Å². The molecule has 0 aliphatic carbocycles. The van der Waals surface area contributed by atoms with Crippen molar-refractivity contribution >= 4 is 18.3 Å². The first-order chi connectivity index (χ1) is 11.2. The highest BCUT2D eigenvalue weighted by Crippen LogP contribution is 2.29. The van der Waals surface area contributed by atoms with Gasteiger partial charge in [0.2, 0.25) is 5.91 Å². The Balaban J connectivity index is 0.00000169. The molecule has 0 spiro atoms. The maximum Gasteiger partial charge on any atom is 0.246 e. The summed E-state index contributed by atoms with van der Waals surface area (Å²) in [5.41, 5.74) is 1.14. The van der Waals surface area contributed by atoms with Crippen LogP contribution in [0.2, 0.25) is 0 Å². The highest BCUT2D eigenvalue weighted by molar-refractivity contribution is 5.85. The molecule has 1 amide bonds. The van der Waals surface area contributed by atoms with Gasteiger partial charge >= 0.3 is 0 Å². The molecule has 1 fully saturated rings. The van der Waals surface area contributed by atoms with Crippen LogP contribution in [-0.2, 0) is 17.9 Å². The summed E-state index contributed by atoms with van der Waals surface area (Å²) < 4.78 is 2.03. The third-order valence-corrected chi connectivity index (χ3v) is 4.77. The van der Waals surface area contributed by atoms with Crippen LogP contribution in [0.25, 0.3) is 0 Å². The number of rotatable bonds is 3. The van der Waals surface area contributed by atoms with E-state index in [1.807, 2.05) is 46.7 Å². The van der Waals surface area contributed by atoms with Crippen LogP contribution in [0.3, 0.4) is 0 Å². The second-order valence-corrected chi connectivity index (χ2v) is 6.35. The largest absolute Gasteiger partial charge is 0.329 e. The van der Waals surface area contributed by atoms with E-state index in [1.165, 1.54) is 0 Å². The number of aromatic nitrogens is 3. The van der Waals surface area contributed by atoms with E-state index in [-0.39, 0.29) is 30.4 Å². The molecule has 2 aliphatic heterocycles. The second kappa shape index (κ2) is 6.91. The maximum absolute atomic E-state index is 12.8. The minimum Gasteiger partial charge on any atom is -0.329 e. The molecular formula is C17H22ClN5O. The van der Waals surface area contributed by atoms with Crippen molar-refractivity contribution in [2.24, 2.45) is 0 Å². The lowest BCUT2D eigenvalue weighted by molar-refractivity contribution is -0.137. The van der Waals surface area contributed by atoms with Crippen molar-refractivity contribution in [3.8, 4) is 0 Å². The lowest BCUT2D eigenvalue weighted by Crippen LogP contribution is -2.42. The first-order valence-corrected chi connectivity index (χ1v) is 8.24. The lowest BCUT2D eigenvalue weighted by atomic mass is 10.1. The van der Waals surface area contributed by atoms with E-state index in [9.17, 15) is 4.79 Å². The summed E-state index contributed by atoms with van der Waals surface area (Å²) in [6.45, 7) is 4.10. The quantitative estimate of drug-likeness (QED) is 0.924. The van der Waals surface area contributed by atoms with Crippen molar-refractivity contribution < 1.29 is 4.79 Å². The molecule has 7 heteroatoms. The molecule has 1 aromatic carbocycles. The number of amides is 1. The zero-order valence-corrected chi connectivity index (χ0v) is 14.5. The summed E-state index contributed by atoms with van der Waals surface area (Å²) in [4.78, 5) is 14.7. The number of halogens is 1. The second-order valence-electron chi connectivity index (χ2n) is 6.35. The van der Waals surface area contributed by atoms with Gasteiger partial charge in [0.25, 0.3) is 0 Å². The molecule has 128 valence electrons. The number of nitrogens with zero attached hydrogens (tertiary/aromatic N) is 4. The molecule has 1 saturated heterocycles. The summed E-state index contributed by atoms with van der Waals surface area (Å²) in [5, 5.41) is 12.2. The van der Waals surface area contributed by atoms with Gasteiger partial charge in [-0.25, -0.2) is 0 Å². The van der Waals surface area contributed by atoms with Crippen LogP contribution in [0.4, 0.5) is 0 Å². The van der Waals surface area contributed by atoms with Crippen LogP contribution in [0, 0.1) is 0 Å². The number of hydrogen-bond donors (Lipinski definition) is 1. The van der Waals surface area contributed by atoms with Crippen LogP contribution in [0.15, 0.2) is 30.3 Å². The van der Waals surface area contributed by atoms with Gasteiger partial charge in [-0.05, 0) is 31.9 Å². The molecule has 2 aliphatic rings. The number of hydrogen-bond acceptors (Lipinski definition) is 4. The van der Waals surface area contributed by atoms with Gasteiger partial charge in [0.15, 0.2) is 11.6 Å². The maximum atomic E-state index is 12.8. The van der Waals surface area contributed by atoms with Crippen molar-refractivity contribution in [1.82, 2.24) is 25.0 Å². The van der Waals surface area contributed by atoms with Gasteiger partial charge in [-0.2, -0.15) is 0 Å². The predicted octanol–water partition coefficient (Wildman–Crippen LogP) is 2.23. The van der Waals surface area contributed by atoms with Crippen LogP contribution >= 0.6 is 12.4 Å². The Hall–Kier alpha value is -1.92. The first kappa shape index (κ1) is 16.9. The summed E-state index contributed by atoms with van der Waals surface area (Å²) in [6.07, 6.45) is 2.21. The molecular weight excluding hydrogens is 326 g/mol. The third-order valence-electron chi connectivity index (χ3n) is 4.77. The summed E-state index contributed by atoms with van der Waals surface area (Å²) >= 11 is 0. The molecule has 0 radical (unpaired) electrons. The fraction of sp³-hybridized carbons (Fsp3) is 0.471. The molecule has 0 bridgehead atoms. The Morgan fingerprint density at radius 2 is 2.04 bits per heavy atom. The topological polar surface area (TPSA) is 63.1 Å². The van der Waals surface area contributed by atoms with Crippen molar-refractivity contribution in [3.05, 3.63) is 47.5 Å². The lowest BCUT2D eigenvalue weighted by Gasteiger charge is -2.32. The molecule has 4 rings (SSSR count). The fourth-order valence-corrected chi connectivity index (χ4v) is 3.57. The monoisotopic (exact) mass is 347 g/mol. The van der Waals surface area contributed by atoms with Gasteiger partial charge < -0.3 is 10.2 Å². The van der Waals surface area contributed by atoms with Gasteiger partial charge in [0, 0.05) is 6.54 Å². The summed E-state index contributed by atoms with van der Waals surface area (Å²) in [6, 6.07) is 10.1. The van der Waals surface area contributed by atoms with E-state index in [0.717, 1.165) is 36.6 Å². The van der Waals surface area contributed by atoms with E-state index in [0.29, 0.717) is 13.1 Å². The SMILES string of the molecule is C[C@H]1C(=O)N(Cc2ccccc2)Cc2nnc([C@@H]3CCCN3)n21.Cl. The van der Waals surface area contributed by atoms with Gasteiger partial charge in [-0.3, -0.25) is 9.36 Å². The standard InChI is InChI=1S/C17H21N5O.ClH/c1-12-17(23)21(10-13-6-3-2-4-7-13)11-15-19-20-16(22(12)15)14-8-5-9-18-14;/h2-4,6-7,12,14,18H,5,8-11H2,1H3;1H/t12-,14-;/m0./s1. The average molecular weight is 348 g/mol. The number of carbonyl (C=O) groups excluding carboxylic acids is 1. The first-order valence-electron chi connectivity index (χ1n) is 8.24. The number of carbonyl (C=O) groups is 1. The Morgan fingerprint density at radius 3 is 2.75 bits per heavy atom. The van der Waals surface area contributed by atoms with E-state index in [4.69, 9.17) is 0 Å². The summed E-state index contributed by atoms with van der Waals surface area (Å²) in [7, 11) is 0. The van der Waals surface area contributed by atoms with Crippen molar-refractivity contribution in [1.29, 1.82) is 0 Å². The molecule has 2 aromatic rings. The van der Waals surface area contributed by atoms with Gasteiger partial charge in [0.1, 0.15) is 6.04 Å². The normalized spacial score (nSPS) is 23.0. The van der Waals surface area contributed by atoms with Crippen LogP contribution in [-0.4, -0.2) is 32.1 Å². The molecule has 1 N–H and O–H groups in total. The average Bonchev–Trinajstić information content (AvgIpc) is 3.22. The highest BCUT2D eigenvalue weighted by atomic mass is 35.5. The molecule has 0 unspecified atom stereocenters. The zero-order chi connectivity index (χ0) is 15.8. The van der Waals surface area contributed by atoms with Crippen LogP contribution in [0.1, 0.15) is 49.1 Å². The van der Waals surface area contributed by atoms with Crippen molar-refractivity contribution in [3.63, 3.8) is 0 Å². The van der Waals surface area contributed by atoms with Crippen LogP contribution < -0.4 is 5.32 Å². The molecule has 6 nitrogen and oxygen atoms in total. The molecule has 2 atom stereocenters. The molecule has 0 saturated carbocycles. The highest BCUT2D eigenvalue weighted by Gasteiger charge is 2.35. The Morgan fingerprint density at radius 1 is 1.25 bits per heavy atom. The number of benzene rings is 1. The Labute approximate surface area is 147 Å². The van der Waals surface area contributed by atoms with E-state index < -0.39 is 0 Å². The van der Waals surface area contributed by atoms with E-state index in [1.54, 1.807) is 0 Å². The number of nitrogens with one attached hydrogen (secondary N) is 1. The molecule has 1 aromatic heterocycles. The molecule has 24 heavy (non-hydrogen) atoms.